The van der Waals surface area contributed by atoms with Crippen LogP contribution in [0.15, 0.2) is 28.8 Å². The molecule has 3 heterocycles. The number of nitrogens with zero attached hydrogens (tertiary/aromatic N) is 2. The first-order valence-corrected chi connectivity index (χ1v) is 11.8. The fourth-order valence-corrected chi connectivity index (χ4v) is 4.65. The lowest BCUT2D eigenvalue weighted by Crippen LogP contribution is -2.41. The van der Waals surface area contributed by atoms with Crippen molar-refractivity contribution in [3.05, 3.63) is 46.8 Å². The number of ether oxygens (including phenoxy) is 1. The summed E-state index contributed by atoms with van der Waals surface area (Å²) < 4.78 is 10.7. The molecule has 3 amide bonds. The van der Waals surface area contributed by atoms with Crippen LogP contribution in [0, 0.1) is 0 Å². The largest absolute Gasteiger partial charge is 0.378 e. The van der Waals surface area contributed by atoms with Gasteiger partial charge in [0.1, 0.15) is 5.76 Å². The predicted molar refractivity (Wildman–Crippen MR) is 128 cm³/mol. The Bertz CT molecular complexity index is 1220. The Morgan fingerprint density at radius 3 is 2.71 bits per heavy atom. The van der Waals surface area contributed by atoms with E-state index in [9.17, 15) is 9.59 Å². The molecule has 9 heteroatoms. The Kier molecular flexibility index (Phi) is 5.81. The highest BCUT2D eigenvalue weighted by Gasteiger charge is 2.26. The van der Waals surface area contributed by atoms with Crippen molar-refractivity contribution in [1.29, 1.82) is 0 Å². The zero-order valence-electron chi connectivity index (χ0n) is 19.9. The molecule has 1 aromatic carbocycles. The lowest BCUT2D eigenvalue weighted by molar-refractivity contribution is 0.0303. The molecule has 3 aromatic rings. The van der Waals surface area contributed by atoms with Crippen molar-refractivity contribution in [2.24, 2.45) is 0 Å². The van der Waals surface area contributed by atoms with Gasteiger partial charge in [-0.2, -0.15) is 0 Å². The number of anilines is 1. The van der Waals surface area contributed by atoms with Crippen molar-refractivity contribution in [2.45, 2.75) is 51.5 Å². The minimum atomic E-state index is -0.301. The molecule has 9 nitrogen and oxygen atoms in total. The number of urea groups is 1. The van der Waals surface area contributed by atoms with Gasteiger partial charge in [-0.25, -0.2) is 4.79 Å². The lowest BCUT2D eigenvalue weighted by Gasteiger charge is -2.27. The third-order valence-electron chi connectivity index (χ3n) is 6.56. The van der Waals surface area contributed by atoms with Crippen LogP contribution in [0.4, 0.5) is 10.6 Å². The van der Waals surface area contributed by atoms with E-state index in [-0.39, 0.29) is 23.4 Å². The van der Waals surface area contributed by atoms with E-state index in [1.54, 1.807) is 6.07 Å². The number of aromatic nitrogens is 2. The second kappa shape index (κ2) is 8.79. The molecule has 2 aliphatic rings. The van der Waals surface area contributed by atoms with Crippen molar-refractivity contribution in [2.75, 3.05) is 31.6 Å². The third kappa shape index (κ3) is 4.52. The van der Waals surface area contributed by atoms with Crippen molar-refractivity contribution >= 4 is 28.7 Å². The van der Waals surface area contributed by atoms with Crippen LogP contribution in [-0.2, 0) is 23.0 Å². The van der Waals surface area contributed by atoms with Crippen molar-refractivity contribution in [1.82, 2.24) is 20.4 Å². The second-order valence-electron chi connectivity index (χ2n) is 10.1. The third-order valence-corrected chi connectivity index (χ3v) is 6.56. The Balaban J connectivity index is 1.28. The van der Waals surface area contributed by atoms with Gasteiger partial charge in [0.05, 0.1) is 13.2 Å². The highest BCUT2D eigenvalue weighted by atomic mass is 16.5. The lowest BCUT2D eigenvalue weighted by atomic mass is 9.91. The molecule has 2 aromatic heterocycles. The maximum atomic E-state index is 13.0. The Hall–Kier alpha value is -3.33. The molecular weight excluding hydrogens is 434 g/mol. The molecule has 1 aliphatic carbocycles. The first kappa shape index (κ1) is 22.5. The van der Waals surface area contributed by atoms with Gasteiger partial charge in [0, 0.05) is 52.8 Å². The van der Waals surface area contributed by atoms with Gasteiger partial charge in [-0.05, 0) is 43.0 Å². The number of nitrogens with one attached hydrogen (secondary N) is 3. The number of carbonyl (C=O) groups is 2. The topological polar surface area (TPSA) is 112 Å². The summed E-state index contributed by atoms with van der Waals surface area (Å²) in [4.78, 5) is 30.9. The number of H-pyrrole nitrogens is 1. The van der Waals surface area contributed by atoms with Crippen molar-refractivity contribution in [3.63, 3.8) is 0 Å². The summed E-state index contributed by atoms with van der Waals surface area (Å²) >= 11 is 0. The highest BCUT2D eigenvalue weighted by molar-refractivity contribution is 5.99. The molecule has 0 radical (unpaired) electrons. The number of carbonyl (C=O) groups excluding carboxylic acids is 2. The Labute approximate surface area is 198 Å². The summed E-state index contributed by atoms with van der Waals surface area (Å²) in [6.07, 6.45) is 2.36. The standard InChI is InChI=1S/C25H31N5O4/c1-25(2,3)21-14-22(29-34-21)28-24(32)26-16-5-7-20-18(13-16)17-12-15(4-6-19(17)27-20)23(31)30-8-10-33-11-9-30/h4,6,12,14,16,27H,5,7-11,13H2,1-3H3,(H2,26,28,29,32). The number of rotatable bonds is 3. The van der Waals surface area contributed by atoms with Crippen LogP contribution in [0.25, 0.3) is 10.9 Å². The minimum absolute atomic E-state index is 0.0147. The molecule has 1 saturated heterocycles. The maximum absolute atomic E-state index is 13.0. The number of hydrogen-bond acceptors (Lipinski definition) is 5. The second-order valence-corrected chi connectivity index (χ2v) is 10.1. The molecule has 1 unspecified atom stereocenters. The van der Waals surface area contributed by atoms with E-state index in [0.717, 1.165) is 23.7 Å². The first-order chi connectivity index (χ1) is 16.3. The van der Waals surface area contributed by atoms with Crippen LogP contribution in [0.2, 0.25) is 0 Å². The summed E-state index contributed by atoms with van der Waals surface area (Å²) in [6.45, 7) is 8.47. The molecule has 0 spiro atoms. The maximum Gasteiger partial charge on any atom is 0.320 e. The highest BCUT2D eigenvalue weighted by Crippen LogP contribution is 2.30. The van der Waals surface area contributed by atoms with Gasteiger partial charge < -0.3 is 24.5 Å². The number of benzene rings is 1. The Morgan fingerprint density at radius 2 is 1.97 bits per heavy atom. The summed E-state index contributed by atoms with van der Waals surface area (Å²) in [7, 11) is 0. The zero-order valence-corrected chi connectivity index (χ0v) is 19.9. The van der Waals surface area contributed by atoms with E-state index in [1.165, 1.54) is 11.3 Å². The van der Waals surface area contributed by atoms with E-state index in [4.69, 9.17) is 9.26 Å². The predicted octanol–water partition coefficient (Wildman–Crippen LogP) is 3.60. The molecule has 0 bridgehead atoms. The molecule has 0 saturated carbocycles. The summed E-state index contributed by atoms with van der Waals surface area (Å²) in [6, 6.07) is 7.28. The minimum Gasteiger partial charge on any atom is -0.378 e. The van der Waals surface area contributed by atoms with Gasteiger partial charge in [0.25, 0.3) is 5.91 Å². The monoisotopic (exact) mass is 465 g/mol. The quantitative estimate of drug-likeness (QED) is 0.547. The molecule has 1 atom stereocenters. The molecule has 5 rings (SSSR count). The van der Waals surface area contributed by atoms with Crippen LogP contribution in [0.3, 0.4) is 0 Å². The van der Waals surface area contributed by atoms with Gasteiger partial charge in [-0.1, -0.05) is 25.9 Å². The van der Waals surface area contributed by atoms with Crippen molar-refractivity contribution in [3.8, 4) is 0 Å². The number of fused-ring (bicyclic) bond motifs is 3. The van der Waals surface area contributed by atoms with E-state index >= 15 is 0 Å². The number of aromatic amines is 1. The number of morpholine rings is 1. The van der Waals surface area contributed by atoms with Crippen molar-refractivity contribution < 1.29 is 18.8 Å². The van der Waals surface area contributed by atoms with Crippen LogP contribution < -0.4 is 10.6 Å². The summed E-state index contributed by atoms with van der Waals surface area (Å²) in [5.41, 5.74) is 3.87. The van der Waals surface area contributed by atoms with E-state index in [2.05, 4.69) is 20.8 Å². The normalized spacial score (nSPS) is 18.6. The van der Waals surface area contributed by atoms with E-state index < -0.39 is 0 Å². The smallest absolute Gasteiger partial charge is 0.320 e. The number of aryl methyl sites for hydroxylation is 1. The first-order valence-electron chi connectivity index (χ1n) is 11.8. The molecule has 1 fully saturated rings. The fraction of sp³-hybridized carbons (Fsp3) is 0.480. The molecular formula is C25H31N5O4. The zero-order chi connectivity index (χ0) is 23.9. The van der Waals surface area contributed by atoms with Crippen LogP contribution in [-0.4, -0.2) is 59.3 Å². The van der Waals surface area contributed by atoms with Gasteiger partial charge in [0.2, 0.25) is 0 Å². The van der Waals surface area contributed by atoms with Gasteiger partial charge in [0.15, 0.2) is 5.82 Å². The average Bonchev–Trinajstić information content (AvgIpc) is 3.43. The summed E-state index contributed by atoms with van der Waals surface area (Å²) in [5.74, 6) is 1.15. The summed E-state index contributed by atoms with van der Waals surface area (Å²) in [5, 5.41) is 10.8. The van der Waals surface area contributed by atoms with Gasteiger partial charge in [-0.3, -0.25) is 10.1 Å². The fourth-order valence-electron chi connectivity index (χ4n) is 4.65. The molecule has 1 aliphatic heterocycles. The molecule has 3 N–H and O–H groups in total. The van der Waals surface area contributed by atoms with Crippen LogP contribution in [0.5, 0.6) is 0 Å². The van der Waals surface area contributed by atoms with E-state index in [1.807, 2.05) is 43.9 Å². The van der Waals surface area contributed by atoms with Gasteiger partial charge >= 0.3 is 6.03 Å². The van der Waals surface area contributed by atoms with Crippen LogP contribution in [0.1, 0.15) is 54.6 Å². The van der Waals surface area contributed by atoms with E-state index in [0.29, 0.717) is 49.9 Å². The average molecular weight is 466 g/mol. The molecule has 34 heavy (non-hydrogen) atoms. The molecule has 180 valence electrons. The van der Waals surface area contributed by atoms with Crippen LogP contribution >= 0.6 is 0 Å². The number of amides is 3. The SMILES string of the molecule is CC(C)(C)c1cc(NC(=O)NC2CCc3[nH]c4ccc(C(=O)N5CCOCC5)cc4c3C2)no1. The Morgan fingerprint density at radius 1 is 1.18 bits per heavy atom. The van der Waals surface area contributed by atoms with Gasteiger partial charge in [-0.15, -0.1) is 0 Å². The number of hydrogen-bond donors (Lipinski definition) is 3.